The van der Waals surface area contributed by atoms with Crippen LogP contribution >= 0.6 is 23.2 Å². The fraction of sp³-hybridized carbons (Fsp3) is 0.400. The predicted molar refractivity (Wildman–Crippen MR) is 85.2 cm³/mol. The largest absolute Gasteiger partial charge is 0.452 e. The number of carbonyl (C=O) groups is 3. The Morgan fingerprint density at radius 3 is 2.74 bits per heavy atom. The summed E-state index contributed by atoms with van der Waals surface area (Å²) in [7, 11) is 0. The number of esters is 1. The number of carbonyl (C=O) groups excluding carboxylic acids is 3. The normalized spacial score (nSPS) is 17.7. The molecule has 1 atom stereocenters. The maximum absolute atomic E-state index is 12.1. The average molecular weight is 359 g/mol. The average Bonchev–Trinajstić information content (AvgIpc) is 2.54. The standard InChI is InChI=1S/C15H16Cl2N2O4/c16-10-3-4-12(17)11(6-10)15(22)23-8-13(20)19-5-1-2-9(7-19)14(18)21/h3-4,6,9H,1-2,5,7-8H2,(H2,18,21)/t9-/m1/s1. The summed E-state index contributed by atoms with van der Waals surface area (Å²) in [5, 5.41) is 0.534. The predicted octanol–water partition coefficient (Wildman–Crippen LogP) is 1.87. The molecule has 2 N–H and O–H groups in total. The number of halogens is 2. The van der Waals surface area contributed by atoms with Gasteiger partial charge < -0.3 is 15.4 Å². The zero-order valence-electron chi connectivity index (χ0n) is 12.3. The first-order valence-corrected chi connectivity index (χ1v) is 7.83. The van der Waals surface area contributed by atoms with Crippen LogP contribution in [0.4, 0.5) is 0 Å². The van der Waals surface area contributed by atoms with E-state index in [-0.39, 0.29) is 29.0 Å². The van der Waals surface area contributed by atoms with Gasteiger partial charge in [0.1, 0.15) is 0 Å². The van der Waals surface area contributed by atoms with E-state index in [1.165, 1.54) is 17.0 Å². The third-order valence-electron chi connectivity index (χ3n) is 3.65. The molecule has 0 aliphatic carbocycles. The number of likely N-dealkylation sites (tertiary alicyclic amines) is 1. The Balaban J connectivity index is 1.92. The van der Waals surface area contributed by atoms with Crippen molar-refractivity contribution in [1.82, 2.24) is 4.90 Å². The van der Waals surface area contributed by atoms with Crippen LogP contribution in [0.25, 0.3) is 0 Å². The molecule has 6 nitrogen and oxygen atoms in total. The van der Waals surface area contributed by atoms with Crippen molar-refractivity contribution in [2.24, 2.45) is 11.7 Å². The Hall–Kier alpha value is -1.79. The summed E-state index contributed by atoms with van der Waals surface area (Å²) in [6, 6.07) is 4.40. The summed E-state index contributed by atoms with van der Waals surface area (Å²) in [6.45, 7) is 0.342. The lowest BCUT2D eigenvalue weighted by Gasteiger charge is -2.31. The van der Waals surface area contributed by atoms with E-state index >= 15 is 0 Å². The molecule has 1 fully saturated rings. The van der Waals surface area contributed by atoms with Gasteiger partial charge in [-0.2, -0.15) is 0 Å². The summed E-state index contributed by atoms with van der Waals surface area (Å²) >= 11 is 11.7. The highest BCUT2D eigenvalue weighted by atomic mass is 35.5. The Morgan fingerprint density at radius 2 is 2.04 bits per heavy atom. The van der Waals surface area contributed by atoms with Crippen LogP contribution in [0.3, 0.4) is 0 Å². The molecule has 0 bridgehead atoms. The molecule has 0 aromatic heterocycles. The quantitative estimate of drug-likeness (QED) is 0.832. The van der Waals surface area contributed by atoms with E-state index in [0.717, 1.165) is 0 Å². The number of primary amides is 1. The highest BCUT2D eigenvalue weighted by Crippen LogP contribution is 2.21. The van der Waals surface area contributed by atoms with E-state index in [9.17, 15) is 14.4 Å². The van der Waals surface area contributed by atoms with E-state index in [1.807, 2.05) is 0 Å². The first-order valence-electron chi connectivity index (χ1n) is 7.07. The number of rotatable bonds is 4. The van der Waals surface area contributed by atoms with Crippen molar-refractivity contribution < 1.29 is 19.1 Å². The van der Waals surface area contributed by atoms with Crippen molar-refractivity contribution in [2.45, 2.75) is 12.8 Å². The van der Waals surface area contributed by atoms with Crippen molar-refractivity contribution in [3.05, 3.63) is 33.8 Å². The zero-order valence-corrected chi connectivity index (χ0v) is 13.8. The van der Waals surface area contributed by atoms with Gasteiger partial charge in [0.2, 0.25) is 5.91 Å². The van der Waals surface area contributed by atoms with Crippen LogP contribution in [0, 0.1) is 5.92 Å². The van der Waals surface area contributed by atoms with Crippen LogP contribution in [0.1, 0.15) is 23.2 Å². The number of nitrogens with two attached hydrogens (primary N) is 1. The number of amides is 2. The summed E-state index contributed by atoms with van der Waals surface area (Å²) in [6.07, 6.45) is 1.35. The molecule has 0 saturated carbocycles. The molecule has 2 amide bonds. The second-order valence-electron chi connectivity index (χ2n) is 5.28. The highest BCUT2D eigenvalue weighted by Gasteiger charge is 2.27. The molecule has 1 aliphatic rings. The topological polar surface area (TPSA) is 89.7 Å². The van der Waals surface area contributed by atoms with Gasteiger partial charge in [-0.05, 0) is 31.0 Å². The Bertz CT molecular complexity index is 636. The minimum Gasteiger partial charge on any atom is -0.452 e. The summed E-state index contributed by atoms with van der Waals surface area (Å²) in [5.74, 6) is -1.88. The Morgan fingerprint density at radius 1 is 1.30 bits per heavy atom. The summed E-state index contributed by atoms with van der Waals surface area (Å²) < 4.78 is 4.99. The second-order valence-corrected chi connectivity index (χ2v) is 6.13. The molecule has 124 valence electrons. The lowest BCUT2D eigenvalue weighted by atomic mass is 9.97. The molecule has 1 aromatic carbocycles. The molecule has 0 unspecified atom stereocenters. The number of hydrogen-bond donors (Lipinski definition) is 1. The molecule has 8 heteroatoms. The van der Waals surface area contributed by atoms with E-state index in [4.69, 9.17) is 33.7 Å². The van der Waals surface area contributed by atoms with Crippen molar-refractivity contribution in [3.63, 3.8) is 0 Å². The van der Waals surface area contributed by atoms with Gasteiger partial charge in [0.15, 0.2) is 6.61 Å². The summed E-state index contributed by atoms with van der Waals surface area (Å²) in [5.41, 5.74) is 5.37. The zero-order chi connectivity index (χ0) is 17.0. The van der Waals surface area contributed by atoms with Gasteiger partial charge in [0, 0.05) is 18.1 Å². The number of hydrogen-bond acceptors (Lipinski definition) is 4. The van der Waals surface area contributed by atoms with Gasteiger partial charge in [-0.25, -0.2) is 4.79 Å². The number of ether oxygens (including phenoxy) is 1. The van der Waals surface area contributed by atoms with Crippen molar-refractivity contribution >= 4 is 41.0 Å². The minimum absolute atomic E-state index is 0.0978. The number of piperidine rings is 1. The number of nitrogens with zero attached hydrogens (tertiary/aromatic N) is 1. The smallest absolute Gasteiger partial charge is 0.340 e. The molecular weight excluding hydrogens is 343 g/mol. The van der Waals surface area contributed by atoms with Crippen LogP contribution in [-0.2, 0) is 14.3 Å². The van der Waals surface area contributed by atoms with Gasteiger partial charge in [0.25, 0.3) is 5.91 Å². The summed E-state index contributed by atoms with van der Waals surface area (Å²) in [4.78, 5) is 36.8. The van der Waals surface area contributed by atoms with Gasteiger partial charge in [-0.3, -0.25) is 9.59 Å². The monoisotopic (exact) mass is 358 g/mol. The minimum atomic E-state index is -0.727. The van der Waals surface area contributed by atoms with Crippen LogP contribution in [-0.4, -0.2) is 42.4 Å². The molecule has 1 aromatic rings. The lowest BCUT2D eigenvalue weighted by molar-refractivity contribution is -0.137. The molecule has 0 spiro atoms. The van der Waals surface area contributed by atoms with Gasteiger partial charge in [0.05, 0.1) is 16.5 Å². The molecular formula is C15H16Cl2N2O4. The Labute approximate surface area is 143 Å². The SMILES string of the molecule is NC(=O)[C@@H]1CCCN(C(=O)COC(=O)c2cc(Cl)ccc2Cl)C1. The van der Waals surface area contributed by atoms with Gasteiger partial charge in [-0.1, -0.05) is 23.2 Å². The first kappa shape index (κ1) is 17.6. The van der Waals surface area contributed by atoms with E-state index < -0.39 is 18.5 Å². The van der Waals surface area contributed by atoms with E-state index in [2.05, 4.69) is 0 Å². The van der Waals surface area contributed by atoms with Crippen molar-refractivity contribution in [1.29, 1.82) is 0 Å². The van der Waals surface area contributed by atoms with Crippen LogP contribution in [0.2, 0.25) is 10.0 Å². The maximum atomic E-state index is 12.1. The third kappa shape index (κ3) is 4.59. The molecule has 23 heavy (non-hydrogen) atoms. The molecule has 1 aliphatic heterocycles. The van der Waals surface area contributed by atoms with E-state index in [1.54, 1.807) is 6.07 Å². The third-order valence-corrected chi connectivity index (χ3v) is 4.22. The van der Waals surface area contributed by atoms with Crippen LogP contribution < -0.4 is 5.73 Å². The maximum Gasteiger partial charge on any atom is 0.340 e. The molecule has 1 saturated heterocycles. The number of benzene rings is 1. The van der Waals surface area contributed by atoms with E-state index in [0.29, 0.717) is 24.4 Å². The fourth-order valence-electron chi connectivity index (χ4n) is 2.39. The van der Waals surface area contributed by atoms with Crippen molar-refractivity contribution in [2.75, 3.05) is 19.7 Å². The van der Waals surface area contributed by atoms with Crippen LogP contribution in [0.15, 0.2) is 18.2 Å². The molecule has 1 heterocycles. The highest BCUT2D eigenvalue weighted by molar-refractivity contribution is 6.35. The van der Waals surface area contributed by atoms with Gasteiger partial charge >= 0.3 is 5.97 Å². The second kappa shape index (κ2) is 7.66. The molecule has 0 radical (unpaired) electrons. The Kier molecular flexibility index (Phi) is 5.85. The molecule has 2 rings (SSSR count). The van der Waals surface area contributed by atoms with Crippen molar-refractivity contribution in [3.8, 4) is 0 Å². The van der Waals surface area contributed by atoms with Crippen LogP contribution in [0.5, 0.6) is 0 Å². The lowest BCUT2D eigenvalue weighted by Crippen LogP contribution is -2.45. The first-order chi connectivity index (χ1) is 10.9. The van der Waals surface area contributed by atoms with Gasteiger partial charge in [-0.15, -0.1) is 0 Å². The fourth-order valence-corrected chi connectivity index (χ4v) is 2.75.